The summed E-state index contributed by atoms with van der Waals surface area (Å²) in [6.07, 6.45) is -4.52. The van der Waals surface area contributed by atoms with Gasteiger partial charge in [0.15, 0.2) is 5.13 Å². The number of hydrogen-bond donors (Lipinski definition) is 3. The molecule has 0 unspecified atom stereocenters. The Morgan fingerprint density at radius 1 is 0.879 bits per heavy atom. The number of fused-ring (bicyclic) bond motifs is 1. The average Bonchev–Trinajstić information content (AvgIpc) is 3.14. The van der Waals surface area contributed by atoms with Crippen LogP contribution < -0.4 is 15.4 Å². The number of alkyl halides is 3. The van der Waals surface area contributed by atoms with Crippen LogP contribution in [-0.4, -0.2) is 19.4 Å². The summed E-state index contributed by atoms with van der Waals surface area (Å²) in [5.41, 5.74) is -0.137. The number of sulfonamides is 1. The third-order valence-corrected chi connectivity index (χ3v) is 6.80. The van der Waals surface area contributed by atoms with Crippen molar-refractivity contribution in [3.8, 4) is 0 Å². The molecule has 0 spiro atoms. The highest BCUT2D eigenvalue weighted by molar-refractivity contribution is 7.93. The maximum absolute atomic E-state index is 12.8. The van der Waals surface area contributed by atoms with E-state index in [0.717, 1.165) is 23.5 Å². The minimum atomic E-state index is -4.52. The lowest BCUT2D eigenvalue weighted by atomic mass is 10.2. The molecule has 1 heterocycles. The van der Waals surface area contributed by atoms with Crippen molar-refractivity contribution in [2.45, 2.75) is 11.1 Å². The molecule has 4 rings (SSSR count). The van der Waals surface area contributed by atoms with E-state index in [1.54, 1.807) is 30.3 Å². The van der Waals surface area contributed by atoms with E-state index in [1.165, 1.54) is 30.3 Å². The maximum Gasteiger partial charge on any atom is 0.416 e. The predicted molar refractivity (Wildman–Crippen MR) is 121 cm³/mol. The number of rotatable bonds is 5. The molecule has 2 amide bonds. The van der Waals surface area contributed by atoms with Gasteiger partial charge in [-0.15, -0.1) is 0 Å². The highest BCUT2D eigenvalue weighted by atomic mass is 32.2. The van der Waals surface area contributed by atoms with Crippen LogP contribution in [0.4, 0.5) is 34.5 Å². The van der Waals surface area contributed by atoms with Crippen LogP contribution >= 0.6 is 11.3 Å². The first-order chi connectivity index (χ1) is 15.6. The van der Waals surface area contributed by atoms with E-state index in [-0.39, 0.29) is 15.7 Å². The summed E-state index contributed by atoms with van der Waals surface area (Å²) >= 11 is 1.12. The second kappa shape index (κ2) is 8.71. The second-order valence-corrected chi connectivity index (χ2v) is 9.49. The van der Waals surface area contributed by atoms with Crippen molar-refractivity contribution in [3.05, 3.63) is 78.4 Å². The standard InChI is InChI=1S/C21H15F3N4O3S2/c22-21(23,24)13-5-4-6-14(11-13)25-19(29)26-15-9-10-18-17(12-15)27-20(32-18)28-33(30,31)16-7-2-1-3-8-16/h1-12H,(H,27,28)(H2,25,26,29). The molecule has 0 saturated carbocycles. The Hall–Kier alpha value is -3.64. The first kappa shape index (κ1) is 22.6. The Morgan fingerprint density at radius 2 is 1.58 bits per heavy atom. The molecule has 0 atom stereocenters. The zero-order valence-corrected chi connectivity index (χ0v) is 18.2. The molecule has 4 aromatic rings. The van der Waals surface area contributed by atoms with E-state index in [1.807, 2.05) is 0 Å². The minimum absolute atomic E-state index is 0.0188. The average molecular weight is 493 g/mol. The molecule has 170 valence electrons. The molecule has 0 bridgehead atoms. The van der Waals surface area contributed by atoms with Gasteiger partial charge in [0.1, 0.15) is 0 Å². The van der Waals surface area contributed by atoms with Crippen LogP contribution in [0.15, 0.2) is 77.7 Å². The van der Waals surface area contributed by atoms with Crippen molar-refractivity contribution in [1.82, 2.24) is 4.98 Å². The van der Waals surface area contributed by atoms with Gasteiger partial charge in [-0.3, -0.25) is 4.72 Å². The fourth-order valence-corrected chi connectivity index (χ4v) is 4.99. The van der Waals surface area contributed by atoms with Crippen LogP contribution in [0.25, 0.3) is 10.2 Å². The highest BCUT2D eigenvalue weighted by Crippen LogP contribution is 2.31. The predicted octanol–water partition coefficient (Wildman–Crippen LogP) is 5.76. The quantitative estimate of drug-likeness (QED) is 0.330. The van der Waals surface area contributed by atoms with E-state index in [2.05, 4.69) is 20.3 Å². The second-order valence-electron chi connectivity index (χ2n) is 6.78. The lowest BCUT2D eigenvalue weighted by Gasteiger charge is -2.10. The lowest BCUT2D eigenvalue weighted by Crippen LogP contribution is -2.19. The Balaban J connectivity index is 1.47. The molecule has 0 fully saturated rings. The third-order valence-electron chi connectivity index (χ3n) is 4.37. The molecule has 3 aromatic carbocycles. The van der Waals surface area contributed by atoms with Crippen molar-refractivity contribution >= 4 is 54.1 Å². The highest BCUT2D eigenvalue weighted by Gasteiger charge is 2.30. The molecule has 0 saturated heterocycles. The molecule has 0 aliphatic carbocycles. The number of hydrogen-bond acceptors (Lipinski definition) is 5. The van der Waals surface area contributed by atoms with Gasteiger partial charge in [-0.05, 0) is 48.5 Å². The normalized spacial score (nSPS) is 11.8. The Labute approximate surface area is 190 Å². The summed E-state index contributed by atoms with van der Waals surface area (Å²) in [6.45, 7) is 0. The van der Waals surface area contributed by atoms with E-state index < -0.39 is 27.8 Å². The zero-order valence-electron chi connectivity index (χ0n) is 16.6. The van der Waals surface area contributed by atoms with E-state index in [9.17, 15) is 26.4 Å². The van der Waals surface area contributed by atoms with Gasteiger partial charge in [0, 0.05) is 11.4 Å². The van der Waals surface area contributed by atoms with E-state index in [0.29, 0.717) is 15.9 Å². The first-order valence-electron chi connectivity index (χ1n) is 9.34. The Bertz CT molecular complexity index is 1420. The number of nitrogens with zero attached hydrogens (tertiary/aromatic N) is 1. The molecule has 1 aromatic heterocycles. The smallest absolute Gasteiger partial charge is 0.308 e. The van der Waals surface area contributed by atoms with Gasteiger partial charge in [0.25, 0.3) is 10.0 Å². The summed E-state index contributed by atoms with van der Waals surface area (Å²) in [4.78, 5) is 16.6. The number of thiazole rings is 1. The van der Waals surface area contributed by atoms with Crippen molar-refractivity contribution in [2.24, 2.45) is 0 Å². The molecule has 7 nitrogen and oxygen atoms in total. The molecule has 33 heavy (non-hydrogen) atoms. The number of benzene rings is 3. The maximum atomic E-state index is 12.8. The summed E-state index contributed by atoms with van der Waals surface area (Å²) in [6, 6.07) is 16.1. The zero-order chi connectivity index (χ0) is 23.6. The fraction of sp³-hybridized carbons (Fsp3) is 0.0476. The van der Waals surface area contributed by atoms with Gasteiger partial charge in [0.05, 0.1) is 20.7 Å². The SMILES string of the molecule is O=C(Nc1cccc(C(F)(F)F)c1)Nc1ccc2sc(NS(=O)(=O)c3ccccc3)nc2c1. The van der Waals surface area contributed by atoms with Crippen LogP contribution in [0.1, 0.15) is 5.56 Å². The van der Waals surface area contributed by atoms with Crippen LogP contribution in [0.5, 0.6) is 0 Å². The van der Waals surface area contributed by atoms with Gasteiger partial charge < -0.3 is 10.6 Å². The summed E-state index contributed by atoms with van der Waals surface area (Å²) in [7, 11) is -3.80. The molecule has 3 N–H and O–H groups in total. The Kier molecular flexibility index (Phi) is 5.95. The number of carbonyl (C=O) groups is 1. The van der Waals surface area contributed by atoms with Gasteiger partial charge in [0.2, 0.25) is 0 Å². The monoisotopic (exact) mass is 492 g/mol. The van der Waals surface area contributed by atoms with E-state index >= 15 is 0 Å². The van der Waals surface area contributed by atoms with Crippen LogP contribution in [0.2, 0.25) is 0 Å². The number of nitrogens with one attached hydrogen (secondary N) is 3. The largest absolute Gasteiger partial charge is 0.416 e. The number of aromatic nitrogens is 1. The summed E-state index contributed by atoms with van der Waals surface area (Å²) in [5, 5.41) is 5.02. The number of halogens is 3. The molecule has 12 heteroatoms. The number of anilines is 3. The van der Waals surface area contributed by atoms with Crippen LogP contribution in [0.3, 0.4) is 0 Å². The molecular formula is C21H15F3N4O3S2. The van der Waals surface area contributed by atoms with Crippen molar-refractivity contribution in [2.75, 3.05) is 15.4 Å². The first-order valence-corrected chi connectivity index (χ1v) is 11.6. The molecular weight excluding hydrogens is 477 g/mol. The third kappa shape index (κ3) is 5.41. The van der Waals surface area contributed by atoms with Gasteiger partial charge in [-0.2, -0.15) is 13.2 Å². The van der Waals surface area contributed by atoms with Crippen molar-refractivity contribution in [1.29, 1.82) is 0 Å². The molecule has 0 radical (unpaired) electrons. The van der Waals surface area contributed by atoms with Crippen LogP contribution in [0, 0.1) is 0 Å². The van der Waals surface area contributed by atoms with Gasteiger partial charge in [-0.1, -0.05) is 35.6 Å². The van der Waals surface area contributed by atoms with Gasteiger partial charge >= 0.3 is 12.2 Å². The summed E-state index contributed by atoms with van der Waals surface area (Å²) in [5.74, 6) is 0. The minimum Gasteiger partial charge on any atom is -0.308 e. The summed E-state index contributed by atoms with van der Waals surface area (Å²) < 4.78 is 66.5. The van der Waals surface area contributed by atoms with Crippen molar-refractivity contribution in [3.63, 3.8) is 0 Å². The van der Waals surface area contributed by atoms with Crippen LogP contribution in [-0.2, 0) is 16.2 Å². The Morgan fingerprint density at radius 3 is 2.27 bits per heavy atom. The number of urea groups is 1. The number of carbonyl (C=O) groups excluding carboxylic acids is 1. The molecule has 0 aliphatic rings. The number of amides is 2. The lowest BCUT2D eigenvalue weighted by molar-refractivity contribution is -0.137. The van der Waals surface area contributed by atoms with Gasteiger partial charge in [-0.25, -0.2) is 18.2 Å². The molecule has 0 aliphatic heterocycles. The van der Waals surface area contributed by atoms with Crippen molar-refractivity contribution < 1.29 is 26.4 Å². The topological polar surface area (TPSA) is 100 Å². The fourth-order valence-electron chi connectivity index (χ4n) is 2.89. The van der Waals surface area contributed by atoms with E-state index in [4.69, 9.17) is 0 Å².